The number of carbonyl (C=O) groups is 1. The number of thioether (sulfide) groups is 1. The van der Waals surface area contributed by atoms with Crippen LogP contribution in [0.4, 0.5) is 11.6 Å². The Morgan fingerprint density at radius 1 is 1.21 bits per heavy atom. The van der Waals surface area contributed by atoms with Gasteiger partial charge in [-0.2, -0.15) is 4.98 Å². The largest absolute Gasteiger partial charge is 0.463 e. The second-order valence-corrected chi connectivity index (χ2v) is 9.16. The van der Waals surface area contributed by atoms with Gasteiger partial charge in [0.1, 0.15) is 6.04 Å². The highest BCUT2D eigenvalue weighted by molar-refractivity contribution is 7.98. The molecule has 1 aromatic heterocycles. The van der Waals surface area contributed by atoms with Crippen LogP contribution in [0, 0.1) is 0 Å². The van der Waals surface area contributed by atoms with E-state index in [2.05, 4.69) is 10.3 Å². The third-order valence-electron chi connectivity index (χ3n) is 5.37. The zero-order valence-corrected chi connectivity index (χ0v) is 20.6. The summed E-state index contributed by atoms with van der Waals surface area (Å²) in [6, 6.07) is 15.4. The third-order valence-corrected chi connectivity index (χ3v) is 6.62. The molecular weight excluding hydrogens is 458 g/mol. The average molecular weight is 484 g/mol. The van der Waals surface area contributed by atoms with E-state index in [9.17, 15) is 4.79 Å². The van der Waals surface area contributed by atoms with Crippen molar-refractivity contribution in [1.82, 2.24) is 14.8 Å². The van der Waals surface area contributed by atoms with Crippen LogP contribution in [0.2, 0.25) is 5.02 Å². The van der Waals surface area contributed by atoms with E-state index < -0.39 is 6.04 Å². The van der Waals surface area contributed by atoms with Gasteiger partial charge >= 0.3 is 5.97 Å². The Balaban J connectivity index is 1.70. The summed E-state index contributed by atoms with van der Waals surface area (Å²) in [7, 11) is 3.98. The minimum Gasteiger partial charge on any atom is -0.463 e. The number of hydrogen-bond acceptors (Lipinski definition) is 7. The molecule has 0 aliphatic carbocycles. The fourth-order valence-corrected chi connectivity index (χ4v) is 4.80. The van der Waals surface area contributed by atoms with Gasteiger partial charge in [-0.3, -0.25) is 0 Å². The number of allylic oxidation sites excluding steroid dienone is 1. The van der Waals surface area contributed by atoms with Crippen molar-refractivity contribution in [2.75, 3.05) is 30.9 Å². The molecule has 7 nitrogen and oxygen atoms in total. The summed E-state index contributed by atoms with van der Waals surface area (Å²) in [5.74, 6) is 0.863. The Morgan fingerprint density at radius 3 is 2.61 bits per heavy atom. The summed E-state index contributed by atoms with van der Waals surface area (Å²) in [5, 5.41) is 9.30. The van der Waals surface area contributed by atoms with Crippen molar-refractivity contribution in [1.29, 1.82) is 0 Å². The highest BCUT2D eigenvalue weighted by Crippen LogP contribution is 2.37. The number of rotatable bonds is 7. The molecule has 0 saturated carbocycles. The van der Waals surface area contributed by atoms with E-state index in [4.69, 9.17) is 21.4 Å². The number of ether oxygens (including phenoxy) is 1. The van der Waals surface area contributed by atoms with Crippen LogP contribution in [-0.2, 0) is 15.3 Å². The summed E-state index contributed by atoms with van der Waals surface area (Å²) >= 11 is 7.80. The molecule has 0 fully saturated rings. The standard InChI is InChI=1S/C24H26ClN5O2S/c1-5-32-22(31)20-15(2)26-23-27-24(33-14-17-8-6-7-9-19(17)25)28-30(23)21(20)16-10-12-18(13-11-16)29(3)4/h6-13,21H,5,14H2,1-4H3,(H,26,27,28). The van der Waals surface area contributed by atoms with Crippen LogP contribution in [0.5, 0.6) is 0 Å². The van der Waals surface area contributed by atoms with E-state index in [1.54, 1.807) is 11.6 Å². The van der Waals surface area contributed by atoms with Gasteiger partial charge in [-0.25, -0.2) is 9.48 Å². The van der Waals surface area contributed by atoms with Crippen LogP contribution in [0.3, 0.4) is 0 Å². The van der Waals surface area contributed by atoms with Crippen LogP contribution >= 0.6 is 23.4 Å². The fourth-order valence-electron chi connectivity index (χ4n) is 3.69. The van der Waals surface area contributed by atoms with Crippen LogP contribution in [0.1, 0.15) is 31.0 Å². The first-order valence-electron chi connectivity index (χ1n) is 10.6. The number of anilines is 2. The molecule has 172 valence electrons. The minimum absolute atomic E-state index is 0.297. The Morgan fingerprint density at radius 2 is 1.94 bits per heavy atom. The van der Waals surface area contributed by atoms with E-state index in [-0.39, 0.29) is 5.97 Å². The van der Waals surface area contributed by atoms with Crippen molar-refractivity contribution in [2.45, 2.75) is 30.8 Å². The number of carbonyl (C=O) groups excluding carboxylic acids is 1. The molecule has 1 N–H and O–H groups in total. The molecule has 1 aliphatic rings. The maximum Gasteiger partial charge on any atom is 0.338 e. The number of halogens is 1. The first-order valence-corrected chi connectivity index (χ1v) is 12.0. The second-order valence-electron chi connectivity index (χ2n) is 7.82. The number of benzene rings is 2. The molecule has 33 heavy (non-hydrogen) atoms. The molecule has 1 aliphatic heterocycles. The molecule has 1 atom stereocenters. The van der Waals surface area contributed by atoms with Gasteiger partial charge in [0.15, 0.2) is 0 Å². The molecular formula is C24H26ClN5O2S. The van der Waals surface area contributed by atoms with Gasteiger partial charge in [0.05, 0.1) is 12.2 Å². The molecule has 0 radical (unpaired) electrons. The fraction of sp³-hybridized carbons (Fsp3) is 0.292. The van der Waals surface area contributed by atoms with Crippen molar-refractivity contribution < 1.29 is 9.53 Å². The molecule has 2 heterocycles. The zero-order chi connectivity index (χ0) is 23.5. The normalized spacial score (nSPS) is 15.1. The lowest BCUT2D eigenvalue weighted by Crippen LogP contribution is -2.29. The lowest BCUT2D eigenvalue weighted by Gasteiger charge is -2.28. The lowest BCUT2D eigenvalue weighted by molar-refractivity contribution is -0.139. The Labute approximate surface area is 202 Å². The number of nitrogens with zero attached hydrogens (tertiary/aromatic N) is 4. The summed E-state index contributed by atoms with van der Waals surface area (Å²) in [6.45, 7) is 3.96. The van der Waals surface area contributed by atoms with E-state index in [1.165, 1.54) is 11.8 Å². The topological polar surface area (TPSA) is 72.3 Å². The van der Waals surface area contributed by atoms with Gasteiger partial charge in [0.2, 0.25) is 11.1 Å². The van der Waals surface area contributed by atoms with Crippen molar-refractivity contribution in [3.63, 3.8) is 0 Å². The Bertz CT molecular complexity index is 1190. The zero-order valence-electron chi connectivity index (χ0n) is 19.0. The molecule has 0 saturated heterocycles. The summed E-state index contributed by atoms with van der Waals surface area (Å²) in [4.78, 5) is 19.6. The van der Waals surface area contributed by atoms with Crippen LogP contribution in [0.25, 0.3) is 0 Å². The molecule has 4 rings (SSSR count). The van der Waals surface area contributed by atoms with Crippen molar-refractivity contribution in [3.8, 4) is 0 Å². The lowest BCUT2D eigenvalue weighted by atomic mass is 9.95. The molecule has 0 amide bonds. The Hall–Kier alpha value is -2.97. The molecule has 3 aromatic rings. The van der Waals surface area contributed by atoms with Crippen LogP contribution < -0.4 is 10.2 Å². The van der Waals surface area contributed by atoms with Crippen molar-refractivity contribution in [3.05, 3.63) is 76.0 Å². The van der Waals surface area contributed by atoms with Gasteiger partial charge in [-0.1, -0.05) is 53.7 Å². The molecule has 1 unspecified atom stereocenters. The second kappa shape index (κ2) is 9.89. The van der Waals surface area contributed by atoms with E-state index >= 15 is 0 Å². The highest BCUT2D eigenvalue weighted by atomic mass is 35.5. The van der Waals surface area contributed by atoms with Gasteiger partial charge < -0.3 is 15.0 Å². The summed E-state index contributed by atoms with van der Waals surface area (Å²) < 4.78 is 7.14. The Kier molecular flexibility index (Phi) is 6.95. The maximum atomic E-state index is 12.9. The molecule has 0 spiro atoms. The van der Waals surface area contributed by atoms with Gasteiger partial charge in [-0.05, 0) is 43.2 Å². The van der Waals surface area contributed by atoms with Crippen molar-refractivity contribution >= 4 is 41.0 Å². The van der Waals surface area contributed by atoms with Crippen LogP contribution in [0.15, 0.2) is 65.0 Å². The predicted molar refractivity (Wildman–Crippen MR) is 133 cm³/mol. The number of esters is 1. The monoisotopic (exact) mass is 483 g/mol. The molecule has 9 heteroatoms. The average Bonchev–Trinajstić information content (AvgIpc) is 3.20. The predicted octanol–water partition coefficient (Wildman–Crippen LogP) is 5.14. The summed E-state index contributed by atoms with van der Waals surface area (Å²) in [5.41, 5.74) is 4.24. The SMILES string of the molecule is CCOC(=O)C1=C(C)Nc2nc(SCc3ccccc3Cl)nn2C1c1ccc(N(C)C)cc1. The van der Waals surface area contributed by atoms with Crippen molar-refractivity contribution in [2.24, 2.45) is 0 Å². The summed E-state index contributed by atoms with van der Waals surface area (Å²) in [6.07, 6.45) is 0. The first-order chi connectivity index (χ1) is 15.9. The quantitative estimate of drug-likeness (QED) is 0.368. The van der Waals surface area contributed by atoms with Gasteiger partial charge in [0.25, 0.3) is 0 Å². The van der Waals surface area contributed by atoms with E-state index in [0.717, 1.165) is 16.8 Å². The van der Waals surface area contributed by atoms with E-state index in [0.29, 0.717) is 39.8 Å². The minimum atomic E-state index is -0.446. The molecule has 0 bridgehead atoms. The van der Waals surface area contributed by atoms with Gasteiger partial charge in [-0.15, -0.1) is 5.10 Å². The third kappa shape index (κ3) is 4.86. The first kappa shape index (κ1) is 23.2. The van der Waals surface area contributed by atoms with Crippen LogP contribution in [-0.4, -0.2) is 41.4 Å². The molecule has 2 aromatic carbocycles. The smallest absolute Gasteiger partial charge is 0.338 e. The number of nitrogens with one attached hydrogen (secondary N) is 1. The highest BCUT2D eigenvalue weighted by Gasteiger charge is 2.35. The number of aromatic nitrogens is 3. The van der Waals surface area contributed by atoms with E-state index in [1.807, 2.05) is 74.4 Å². The van der Waals surface area contributed by atoms with Gasteiger partial charge in [0, 0.05) is 36.3 Å². The maximum absolute atomic E-state index is 12.9. The number of hydrogen-bond donors (Lipinski definition) is 1. The number of fused-ring (bicyclic) bond motifs is 1.